The minimum absolute atomic E-state index is 0.0589. The van der Waals surface area contributed by atoms with Gasteiger partial charge >= 0.3 is 17.9 Å². The number of aliphatic carboxylic acids is 1. The van der Waals surface area contributed by atoms with Crippen LogP contribution in [0, 0.1) is 0 Å². The lowest BCUT2D eigenvalue weighted by Gasteiger charge is -2.09. The molecular formula is C42H80O14. The maximum absolute atomic E-state index is 11.9. The number of rotatable bonds is 48. The number of unbranched alkanes of at least 4 members (excludes halogenated alkanes) is 15. The van der Waals surface area contributed by atoms with Gasteiger partial charge in [0.05, 0.1) is 106 Å². The third kappa shape index (κ3) is 48.2. The molecule has 14 nitrogen and oxygen atoms in total. The fraction of sp³-hybridized carbons (Fsp3) is 0.929. The summed E-state index contributed by atoms with van der Waals surface area (Å²) in [5.74, 6) is -1.35. The number of carboxylic acids is 1. The maximum atomic E-state index is 11.9. The lowest BCUT2D eigenvalue weighted by Crippen LogP contribution is -2.15. The molecule has 0 saturated heterocycles. The third-order valence-corrected chi connectivity index (χ3v) is 8.59. The van der Waals surface area contributed by atoms with Crippen LogP contribution in [0.4, 0.5) is 0 Å². The molecule has 0 aliphatic carbocycles. The van der Waals surface area contributed by atoms with Crippen LogP contribution in [-0.4, -0.2) is 142 Å². The molecule has 0 amide bonds. The smallest absolute Gasteiger partial charge is 0.305 e. The summed E-state index contributed by atoms with van der Waals surface area (Å²) in [6.07, 6.45) is 21.4. The molecule has 0 rings (SSSR count). The minimum Gasteiger partial charge on any atom is -0.481 e. The molecule has 0 aromatic rings. The van der Waals surface area contributed by atoms with Crippen molar-refractivity contribution in [3.63, 3.8) is 0 Å². The standard InChI is InChI=1S/C42H80O14/c1-2-3-4-5-6-7-8-9-10-11-12-13-14-15-16-20-41(45)55-38-36-53-34-32-51-30-28-49-26-24-47-22-23-48-25-27-50-29-31-52-33-35-54-37-39-56-42(46)21-18-17-19-40(43)44/h2-39H2,1H3,(H,43,44). The Morgan fingerprint density at radius 3 is 0.786 bits per heavy atom. The van der Waals surface area contributed by atoms with Gasteiger partial charge in [0.2, 0.25) is 0 Å². The van der Waals surface area contributed by atoms with E-state index in [1.54, 1.807) is 0 Å². The Morgan fingerprint density at radius 2 is 0.518 bits per heavy atom. The predicted molar refractivity (Wildman–Crippen MR) is 214 cm³/mol. The van der Waals surface area contributed by atoms with Crippen LogP contribution in [0.1, 0.15) is 135 Å². The summed E-state index contributed by atoms with van der Waals surface area (Å²) in [5.41, 5.74) is 0. The second-order valence-electron chi connectivity index (χ2n) is 13.6. The van der Waals surface area contributed by atoms with E-state index in [0.717, 1.165) is 12.8 Å². The Labute approximate surface area is 338 Å². The van der Waals surface area contributed by atoms with Crippen LogP contribution in [0.15, 0.2) is 0 Å². The van der Waals surface area contributed by atoms with Gasteiger partial charge in [-0.25, -0.2) is 0 Å². The van der Waals surface area contributed by atoms with E-state index < -0.39 is 5.97 Å². The molecule has 0 aromatic heterocycles. The summed E-state index contributed by atoms with van der Waals surface area (Å²) in [4.78, 5) is 33.8. The van der Waals surface area contributed by atoms with Gasteiger partial charge in [-0.3, -0.25) is 14.4 Å². The van der Waals surface area contributed by atoms with Gasteiger partial charge in [0.15, 0.2) is 0 Å². The highest BCUT2D eigenvalue weighted by molar-refractivity contribution is 5.70. The SMILES string of the molecule is CCCCCCCCCCCCCCCCCC(=O)OCCOCCOCCOCCOCCOCCOCCOCCOCCOC(=O)CCCCC(=O)O. The molecule has 14 heteroatoms. The first-order valence-electron chi connectivity index (χ1n) is 21.7. The van der Waals surface area contributed by atoms with E-state index in [0.29, 0.717) is 118 Å². The molecule has 0 saturated carbocycles. The molecule has 0 aliphatic rings. The van der Waals surface area contributed by atoms with Crippen molar-refractivity contribution < 1.29 is 66.9 Å². The first-order chi connectivity index (χ1) is 27.6. The summed E-state index contributed by atoms with van der Waals surface area (Å²) < 4.78 is 53.9. The zero-order valence-electron chi connectivity index (χ0n) is 35.1. The molecule has 0 heterocycles. The van der Waals surface area contributed by atoms with Crippen molar-refractivity contribution in [1.82, 2.24) is 0 Å². The van der Waals surface area contributed by atoms with Crippen LogP contribution in [0.3, 0.4) is 0 Å². The van der Waals surface area contributed by atoms with Gasteiger partial charge < -0.3 is 52.5 Å². The summed E-state index contributed by atoms with van der Waals surface area (Å²) >= 11 is 0. The number of esters is 2. The normalized spacial score (nSPS) is 11.3. The van der Waals surface area contributed by atoms with Crippen molar-refractivity contribution in [3.8, 4) is 0 Å². The molecule has 0 spiro atoms. The first kappa shape index (κ1) is 54.1. The highest BCUT2D eigenvalue weighted by atomic mass is 16.6. The third-order valence-electron chi connectivity index (χ3n) is 8.59. The van der Waals surface area contributed by atoms with Crippen LogP contribution in [0.2, 0.25) is 0 Å². The average molecular weight is 809 g/mol. The van der Waals surface area contributed by atoms with E-state index in [1.807, 2.05) is 0 Å². The number of hydrogen-bond acceptors (Lipinski definition) is 13. The fourth-order valence-corrected chi connectivity index (χ4v) is 5.40. The number of hydrogen-bond donors (Lipinski definition) is 1. The molecule has 0 aliphatic heterocycles. The Bertz CT molecular complexity index is 831. The Balaban J connectivity index is 3.16. The van der Waals surface area contributed by atoms with Crippen LogP contribution < -0.4 is 0 Å². The molecule has 1 N–H and O–H groups in total. The molecule has 0 fully saturated rings. The van der Waals surface area contributed by atoms with Crippen molar-refractivity contribution in [1.29, 1.82) is 0 Å². The van der Waals surface area contributed by atoms with Gasteiger partial charge in [0.1, 0.15) is 13.2 Å². The molecule has 0 aromatic carbocycles. The summed E-state index contributed by atoms with van der Waals surface area (Å²) in [6, 6.07) is 0. The lowest BCUT2D eigenvalue weighted by molar-refractivity contribution is -0.146. The van der Waals surface area contributed by atoms with Gasteiger partial charge in [-0.1, -0.05) is 96.8 Å². The van der Waals surface area contributed by atoms with E-state index in [2.05, 4.69) is 6.92 Å². The Morgan fingerprint density at radius 1 is 0.304 bits per heavy atom. The zero-order chi connectivity index (χ0) is 40.7. The van der Waals surface area contributed by atoms with E-state index in [-0.39, 0.29) is 44.6 Å². The van der Waals surface area contributed by atoms with Gasteiger partial charge in [-0.15, -0.1) is 0 Å². The van der Waals surface area contributed by atoms with Crippen LogP contribution >= 0.6 is 0 Å². The number of carbonyl (C=O) groups is 3. The quantitative estimate of drug-likeness (QED) is 0.0489. The second-order valence-corrected chi connectivity index (χ2v) is 13.6. The molecular weight excluding hydrogens is 728 g/mol. The molecule has 0 radical (unpaired) electrons. The van der Waals surface area contributed by atoms with Gasteiger partial charge in [-0.2, -0.15) is 0 Å². The monoisotopic (exact) mass is 809 g/mol. The van der Waals surface area contributed by atoms with E-state index in [4.69, 9.17) is 52.5 Å². The molecule has 0 atom stereocenters. The Hall–Kier alpha value is -1.91. The van der Waals surface area contributed by atoms with Crippen molar-refractivity contribution in [2.24, 2.45) is 0 Å². The van der Waals surface area contributed by atoms with Crippen molar-refractivity contribution in [2.75, 3.05) is 119 Å². The van der Waals surface area contributed by atoms with Gasteiger partial charge in [0.25, 0.3) is 0 Å². The molecule has 56 heavy (non-hydrogen) atoms. The lowest BCUT2D eigenvalue weighted by atomic mass is 10.0. The van der Waals surface area contributed by atoms with Crippen molar-refractivity contribution in [3.05, 3.63) is 0 Å². The predicted octanol–water partition coefficient (Wildman–Crippen LogP) is 7.11. The fourth-order valence-electron chi connectivity index (χ4n) is 5.40. The number of carboxylic acid groups (broad SMARTS) is 1. The number of ether oxygens (including phenoxy) is 10. The van der Waals surface area contributed by atoms with Crippen LogP contribution in [-0.2, 0) is 61.8 Å². The topological polar surface area (TPSA) is 164 Å². The second kappa shape index (κ2) is 47.5. The van der Waals surface area contributed by atoms with Gasteiger partial charge in [0, 0.05) is 19.3 Å². The molecule has 0 unspecified atom stereocenters. The van der Waals surface area contributed by atoms with Crippen molar-refractivity contribution in [2.45, 2.75) is 135 Å². The first-order valence-corrected chi connectivity index (χ1v) is 21.7. The zero-order valence-corrected chi connectivity index (χ0v) is 35.1. The van der Waals surface area contributed by atoms with Crippen LogP contribution in [0.25, 0.3) is 0 Å². The van der Waals surface area contributed by atoms with Crippen molar-refractivity contribution >= 4 is 17.9 Å². The average Bonchev–Trinajstić information content (AvgIpc) is 3.19. The van der Waals surface area contributed by atoms with Crippen LogP contribution in [0.5, 0.6) is 0 Å². The Kier molecular flexibility index (Phi) is 45.8. The molecule has 0 bridgehead atoms. The van der Waals surface area contributed by atoms with E-state index in [1.165, 1.54) is 83.5 Å². The van der Waals surface area contributed by atoms with Gasteiger partial charge in [-0.05, 0) is 19.3 Å². The largest absolute Gasteiger partial charge is 0.481 e. The minimum atomic E-state index is -0.863. The van der Waals surface area contributed by atoms with E-state index >= 15 is 0 Å². The van der Waals surface area contributed by atoms with E-state index in [9.17, 15) is 14.4 Å². The number of carbonyl (C=O) groups excluding carboxylic acids is 2. The highest BCUT2D eigenvalue weighted by Crippen LogP contribution is 2.14. The summed E-state index contributed by atoms with van der Waals surface area (Å²) in [5, 5.41) is 8.56. The summed E-state index contributed by atoms with van der Waals surface area (Å²) in [7, 11) is 0. The highest BCUT2D eigenvalue weighted by Gasteiger charge is 2.05. The maximum Gasteiger partial charge on any atom is 0.305 e. The molecule has 332 valence electrons. The summed E-state index contributed by atoms with van der Waals surface area (Å²) in [6.45, 7) is 9.72.